The SMILES string of the molecule is Cc1cccc(C(=O)N2CCN(c3cc(Nc4ccccn4)ncn3)CC2)c1. The van der Waals surface area contributed by atoms with Crippen LogP contribution in [0, 0.1) is 6.92 Å². The van der Waals surface area contributed by atoms with Crippen LogP contribution in [-0.4, -0.2) is 51.9 Å². The first-order chi connectivity index (χ1) is 13.7. The fraction of sp³-hybridized carbons (Fsp3) is 0.238. The normalized spacial score (nSPS) is 14.0. The molecule has 1 amide bonds. The molecule has 4 rings (SSSR count). The Hall–Kier alpha value is -3.48. The van der Waals surface area contributed by atoms with Crippen LogP contribution in [0.15, 0.2) is 61.1 Å². The average molecular weight is 374 g/mol. The van der Waals surface area contributed by atoms with Crippen LogP contribution in [0.3, 0.4) is 0 Å². The molecule has 142 valence electrons. The molecular formula is C21H22N6O. The number of aromatic nitrogens is 3. The highest BCUT2D eigenvalue weighted by Crippen LogP contribution is 2.19. The van der Waals surface area contributed by atoms with Gasteiger partial charge in [0.1, 0.15) is 23.8 Å². The Morgan fingerprint density at radius 2 is 1.79 bits per heavy atom. The Kier molecular flexibility index (Phi) is 5.14. The van der Waals surface area contributed by atoms with E-state index < -0.39 is 0 Å². The lowest BCUT2D eigenvalue weighted by Crippen LogP contribution is -2.49. The summed E-state index contributed by atoms with van der Waals surface area (Å²) < 4.78 is 0. The number of pyridine rings is 1. The molecule has 0 atom stereocenters. The molecule has 28 heavy (non-hydrogen) atoms. The molecule has 7 nitrogen and oxygen atoms in total. The number of aryl methyl sites for hydroxylation is 1. The average Bonchev–Trinajstić information content (AvgIpc) is 2.74. The molecule has 0 bridgehead atoms. The summed E-state index contributed by atoms with van der Waals surface area (Å²) in [6.07, 6.45) is 3.28. The van der Waals surface area contributed by atoms with Crippen molar-refractivity contribution in [2.24, 2.45) is 0 Å². The first-order valence-corrected chi connectivity index (χ1v) is 9.30. The van der Waals surface area contributed by atoms with Gasteiger partial charge in [-0.25, -0.2) is 15.0 Å². The van der Waals surface area contributed by atoms with E-state index in [1.807, 2.05) is 60.4 Å². The van der Waals surface area contributed by atoms with Crippen LogP contribution in [0.2, 0.25) is 0 Å². The van der Waals surface area contributed by atoms with Gasteiger partial charge in [-0.3, -0.25) is 4.79 Å². The smallest absolute Gasteiger partial charge is 0.253 e. The third-order valence-electron chi connectivity index (χ3n) is 4.73. The fourth-order valence-corrected chi connectivity index (χ4v) is 3.26. The van der Waals surface area contributed by atoms with Crippen molar-refractivity contribution >= 4 is 23.4 Å². The second-order valence-electron chi connectivity index (χ2n) is 6.75. The Bertz CT molecular complexity index is 954. The van der Waals surface area contributed by atoms with Gasteiger partial charge in [-0.05, 0) is 31.2 Å². The maximum absolute atomic E-state index is 12.7. The maximum Gasteiger partial charge on any atom is 0.253 e. The second-order valence-corrected chi connectivity index (χ2v) is 6.75. The number of nitrogens with zero attached hydrogens (tertiary/aromatic N) is 5. The topological polar surface area (TPSA) is 74.2 Å². The molecule has 3 aromatic rings. The summed E-state index contributed by atoms with van der Waals surface area (Å²) in [7, 11) is 0. The molecule has 0 spiro atoms. The number of benzene rings is 1. The molecular weight excluding hydrogens is 352 g/mol. The van der Waals surface area contributed by atoms with E-state index in [9.17, 15) is 4.79 Å². The Balaban J connectivity index is 1.40. The molecule has 0 aliphatic carbocycles. The number of amides is 1. The highest BCUT2D eigenvalue weighted by atomic mass is 16.2. The number of nitrogens with one attached hydrogen (secondary N) is 1. The van der Waals surface area contributed by atoms with Gasteiger partial charge in [0.25, 0.3) is 5.91 Å². The van der Waals surface area contributed by atoms with Gasteiger partial charge in [0.2, 0.25) is 0 Å². The number of carbonyl (C=O) groups excluding carboxylic acids is 1. The number of anilines is 3. The van der Waals surface area contributed by atoms with E-state index in [-0.39, 0.29) is 5.91 Å². The van der Waals surface area contributed by atoms with Crippen LogP contribution < -0.4 is 10.2 Å². The van der Waals surface area contributed by atoms with Crippen LogP contribution in [0.4, 0.5) is 17.5 Å². The lowest BCUT2D eigenvalue weighted by Gasteiger charge is -2.35. The summed E-state index contributed by atoms with van der Waals surface area (Å²) in [5, 5.41) is 3.18. The Morgan fingerprint density at radius 1 is 0.929 bits per heavy atom. The van der Waals surface area contributed by atoms with Crippen molar-refractivity contribution in [2.75, 3.05) is 36.4 Å². The molecule has 7 heteroatoms. The van der Waals surface area contributed by atoms with Gasteiger partial charge < -0.3 is 15.1 Å². The van der Waals surface area contributed by atoms with E-state index in [4.69, 9.17) is 0 Å². The molecule has 3 heterocycles. The maximum atomic E-state index is 12.7. The van der Waals surface area contributed by atoms with E-state index in [1.54, 1.807) is 12.5 Å². The first kappa shape index (κ1) is 17.9. The number of carbonyl (C=O) groups is 1. The molecule has 1 fully saturated rings. The molecule has 1 saturated heterocycles. The van der Waals surface area contributed by atoms with Gasteiger partial charge in [-0.1, -0.05) is 23.8 Å². The van der Waals surface area contributed by atoms with Crippen molar-refractivity contribution in [2.45, 2.75) is 6.92 Å². The molecule has 1 aliphatic rings. The van der Waals surface area contributed by atoms with E-state index in [0.717, 1.165) is 35.9 Å². The molecule has 1 aromatic carbocycles. The summed E-state index contributed by atoms with van der Waals surface area (Å²) >= 11 is 0. The van der Waals surface area contributed by atoms with Gasteiger partial charge in [0.15, 0.2) is 0 Å². The molecule has 0 unspecified atom stereocenters. The molecule has 0 saturated carbocycles. The number of piperazine rings is 1. The van der Waals surface area contributed by atoms with Gasteiger partial charge in [-0.2, -0.15) is 0 Å². The minimum Gasteiger partial charge on any atom is -0.353 e. The Morgan fingerprint density at radius 3 is 2.54 bits per heavy atom. The summed E-state index contributed by atoms with van der Waals surface area (Å²) in [6.45, 7) is 4.80. The van der Waals surface area contributed by atoms with Crippen LogP contribution in [0.25, 0.3) is 0 Å². The number of hydrogen-bond donors (Lipinski definition) is 1. The second kappa shape index (κ2) is 8.04. The van der Waals surface area contributed by atoms with E-state index in [1.165, 1.54) is 0 Å². The number of rotatable bonds is 4. The van der Waals surface area contributed by atoms with Gasteiger partial charge in [-0.15, -0.1) is 0 Å². The quantitative estimate of drug-likeness (QED) is 0.757. The summed E-state index contributed by atoms with van der Waals surface area (Å²) in [6, 6.07) is 15.3. The standard InChI is InChI=1S/C21H22N6O/c1-16-5-4-6-17(13-16)21(28)27-11-9-26(10-12-27)20-14-19(23-15-24-20)25-18-7-2-3-8-22-18/h2-8,13-15H,9-12H2,1H3,(H,22,23,24,25). The van der Waals surface area contributed by atoms with E-state index in [0.29, 0.717) is 18.9 Å². The van der Waals surface area contributed by atoms with Gasteiger partial charge in [0, 0.05) is 44.0 Å². The molecule has 2 aromatic heterocycles. The van der Waals surface area contributed by atoms with Gasteiger partial charge in [0.05, 0.1) is 0 Å². The number of hydrogen-bond acceptors (Lipinski definition) is 6. The molecule has 1 aliphatic heterocycles. The summed E-state index contributed by atoms with van der Waals surface area (Å²) in [5.41, 5.74) is 1.84. The highest BCUT2D eigenvalue weighted by Gasteiger charge is 2.23. The van der Waals surface area contributed by atoms with Crippen LogP contribution in [-0.2, 0) is 0 Å². The zero-order valence-corrected chi connectivity index (χ0v) is 15.7. The predicted octanol–water partition coefficient (Wildman–Crippen LogP) is 2.89. The largest absolute Gasteiger partial charge is 0.353 e. The lowest BCUT2D eigenvalue weighted by atomic mass is 10.1. The van der Waals surface area contributed by atoms with Crippen LogP contribution in [0.5, 0.6) is 0 Å². The minimum absolute atomic E-state index is 0.0866. The van der Waals surface area contributed by atoms with Crippen molar-refractivity contribution < 1.29 is 4.79 Å². The minimum atomic E-state index is 0.0866. The fourth-order valence-electron chi connectivity index (χ4n) is 3.26. The predicted molar refractivity (Wildman–Crippen MR) is 109 cm³/mol. The van der Waals surface area contributed by atoms with Crippen LogP contribution in [0.1, 0.15) is 15.9 Å². The van der Waals surface area contributed by atoms with Crippen molar-refractivity contribution in [3.8, 4) is 0 Å². The third-order valence-corrected chi connectivity index (χ3v) is 4.73. The van der Waals surface area contributed by atoms with Crippen molar-refractivity contribution in [1.29, 1.82) is 0 Å². The zero-order chi connectivity index (χ0) is 19.3. The van der Waals surface area contributed by atoms with Crippen molar-refractivity contribution in [3.63, 3.8) is 0 Å². The van der Waals surface area contributed by atoms with Crippen molar-refractivity contribution in [1.82, 2.24) is 19.9 Å². The van der Waals surface area contributed by atoms with E-state index in [2.05, 4.69) is 25.2 Å². The van der Waals surface area contributed by atoms with Gasteiger partial charge >= 0.3 is 0 Å². The zero-order valence-electron chi connectivity index (χ0n) is 15.7. The highest BCUT2D eigenvalue weighted by molar-refractivity contribution is 5.94. The van der Waals surface area contributed by atoms with E-state index >= 15 is 0 Å². The molecule has 0 radical (unpaired) electrons. The first-order valence-electron chi connectivity index (χ1n) is 9.30. The lowest BCUT2D eigenvalue weighted by molar-refractivity contribution is 0.0746. The summed E-state index contributed by atoms with van der Waals surface area (Å²) in [5.74, 6) is 2.36. The van der Waals surface area contributed by atoms with Crippen molar-refractivity contribution in [3.05, 3.63) is 72.2 Å². The monoisotopic (exact) mass is 374 g/mol. The molecule has 1 N–H and O–H groups in total. The summed E-state index contributed by atoms with van der Waals surface area (Å²) in [4.78, 5) is 29.7. The third kappa shape index (κ3) is 4.09. The van der Waals surface area contributed by atoms with Crippen LogP contribution >= 0.6 is 0 Å². The Labute approximate surface area is 164 Å².